The molecule has 2 aromatic rings. The molecule has 1 N–H and O–H groups in total. The van der Waals surface area contributed by atoms with Crippen molar-refractivity contribution in [1.82, 2.24) is 4.90 Å². The van der Waals surface area contributed by atoms with Crippen molar-refractivity contribution in [1.29, 1.82) is 0 Å². The van der Waals surface area contributed by atoms with Crippen molar-refractivity contribution in [3.8, 4) is 5.75 Å². The Morgan fingerprint density at radius 2 is 1.89 bits per heavy atom. The lowest BCUT2D eigenvalue weighted by Gasteiger charge is -2.26. The molecule has 3 rings (SSSR count). The fourth-order valence-corrected chi connectivity index (χ4v) is 3.74. The van der Waals surface area contributed by atoms with E-state index in [9.17, 15) is 9.59 Å². The molecule has 6 nitrogen and oxygen atoms in total. The van der Waals surface area contributed by atoms with Crippen molar-refractivity contribution in [2.45, 2.75) is 37.8 Å². The van der Waals surface area contributed by atoms with Gasteiger partial charge in [-0.15, -0.1) is 0 Å². The molecule has 0 aliphatic carbocycles. The van der Waals surface area contributed by atoms with Gasteiger partial charge in [0.25, 0.3) is 0 Å². The number of benzene rings is 2. The third-order valence-electron chi connectivity index (χ3n) is 5.34. The van der Waals surface area contributed by atoms with Gasteiger partial charge < -0.3 is 19.5 Å². The summed E-state index contributed by atoms with van der Waals surface area (Å²) in [4.78, 5) is 25.9. The number of rotatable bonds is 6. The first kappa shape index (κ1) is 19.2. The van der Waals surface area contributed by atoms with Crippen LogP contribution in [0.5, 0.6) is 5.75 Å². The van der Waals surface area contributed by atoms with Gasteiger partial charge in [0, 0.05) is 19.7 Å². The first-order valence-corrected chi connectivity index (χ1v) is 9.05. The van der Waals surface area contributed by atoms with E-state index >= 15 is 0 Å². The molecule has 1 heterocycles. The van der Waals surface area contributed by atoms with Gasteiger partial charge in [0.05, 0.1) is 25.6 Å². The van der Waals surface area contributed by atoms with Gasteiger partial charge >= 0.3 is 5.97 Å². The van der Waals surface area contributed by atoms with Crippen molar-refractivity contribution in [2.24, 2.45) is 0 Å². The fraction of sp³-hybridized carbons (Fsp3) is 0.429. The lowest BCUT2D eigenvalue weighted by Crippen LogP contribution is -2.39. The summed E-state index contributed by atoms with van der Waals surface area (Å²) >= 11 is 0. The number of hydrogen-bond donors (Lipinski definition) is 1. The molecule has 1 saturated heterocycles. The van der Waals surface area contributed by atoms with Crippen LogP contribution in [-0.2, 0) is 14.3 Å². The van der Waals surface area contributed by atoms with Crippen molar-refractivity contribution in [2.75, 3.05) is 20.8 Å². The van der Waals surface area contributed by atoms with E-state index in [0.29, 0.717) is 13.0 Å². The van der Waals surface area contributed by atoms with Crippen LogP contribution >= 0.6 is 0 Å². The molecule has 1 amide bonds. The quantitative estimate of drug-likeness (QED) is 0.845. The minimum absolute atomic E-state index is 0.0597. The van der Waals surface area contributed by atoms with E-state index in [2.05, 4.69) is 0 Å². The molecule has 6 heteroatoms. The van der Waals surface area contributed by atoms with E-state index in [1.165, 1.54) is 0 Å². The van der Waals surface area contributed by atoms with Crippen molar-refractivity contribution in [3.63, 3.8) is 0 Å². The Hall–Kier alpha value is -2.60. The topological polar surface area (TPSA) is 76.1 Å². The maximum absolute atomic E-state index is 13.1. The number of aliphatic carboxylic acids is 1. The first-order valence-electron chi connectivity index (χ1n) is 9.05. The molecule has 0 bridgehead atoms. The smallest absolute Gasteiger partial charge is 0.305 e. The van der Waals surface area contributed by atoms with Crippen LogP contribution in [0.15, 0.2) is 36.4 Å². The maximum Gasteiger partial charge on any atom is 0.305 e. The summed E-state index contributed by atoms with van der Waals surface area (Å²) in [5, 5.41) is 11.2. The minimum Gasteiger partial charge on any atom is -0.497 e. The Morgan fingerprint density at radius 3 is 2.56 bits per heavy atom. The van der Waals surface area contributed by atoms with Gasteiger partial charge in [0.2, 0.25) is 5.91 Å². The number of fused-ring (bicyclic) bond motifs is 1. The van der Waals surface area contributed by atoms with Crippen molar-refractivity contribution in [3.05, 3.63) is 42.0 Å². The molecule has 1 aliphatic heterocycles. The third kappa shape index (κ3) is 4.06. The van der Waals surface area contributed by atoms with Crippen LogP contribution in [0.1, 0.15) is 31.2 Å². The van der Waals surface area contributed by atoms with E-state index < -0.39 is 5.97 Å². The maximum atomic E-state index is 13.1. The van der Waals surface area contributed by atoms with E-state index in [4.69, 9.17) is 14.6 Å². The summed E-state index contributed by atoms with van der Waals surface area (Å²) in [6.45, 7) is 2.30. The monoisotopic (exact) mass is 371 g/mol. The highest BCUT2D eigenvalue weighted by molar-refractivity contribution is 5.89. The Balaban J connectivity index is 1.83. The molecule has 0 aromatic heterocycles. The average molecular weight is 371 g/mol. The van der Waals surface area contributed by atoms with Gasteiger partial charge in [0.15, 0.2) is 0 Å². The van der Waals surface area contributed by atoms with Gasteiger partial charge in [0.1, 0.15) is 5.75 Å². The Kier molecular flexibility index (Phi) is 5.65. The summed E-state index contributed by atoms with van der Waals surface area (Å²) in [6, 6.07) is 11.4. The number of amides is 1. The number of carbonyl (C=O) groups is 2. The fourth-order valence-electron chi connectivity index (χ4n) is 3.74. The van der Waals surface area contributed by atoms with E-state index in [1.807, 2.05) is 43.3 Å². The largest absolute Gasteiger partial charge is 0.497 e. The predicted octanol–water partition coefficient (Wildman–Crippen LogP) is 3.04. The van der Waals surface area contributed by atoms with Crippen LogP contribution < -0.4 is 4.74 Å². The predicted molar refractivity (Wildman–Crippen MR) is 102 cm³/mol. The second-order valence-corrected chi connectivity index (χ2v) is 7.03. The van der Waals surface area contributed by atoms with Gasteiger partial charge in [-0.1, -0.05) is 24.3 Å². The van der Waals surface area contributed by atoms with Crippen LogP contribution in [0.2, 0.25) is 0 Å². The summed E-state index contributed by atoms with van der Waals surface area (Å²) in [6.07, 6.45) is 0.379. The Morgan fingerprint density at radius 1 is 1.19 bits per heavy atom. The number of carboxylic acids is 1. The van der Waals surface area contributed by atoms with E-state index in [1.54, 1.807) is 19.1 Å². The standard InChI is InChI=1S/C21H25NO5/c1-13(14-4-5-16-9-18(26-2)7-6-15(16)8-14)21(25)22-12-19(27-3)10-17(22)11-20(23)24/h4-9,13,17,19H,10-12H2,1-3H3,(H,23,24). The second kappa shape index (κ2) is 7.96. The Bertz CT molecular complexity index is 850. The van der Waals surface area contributed by atoms with Crippen molar-refractivity contribution < 1.29 is 24.2 Å². The molecule has 0 spiro atoms. The first-order chi connectivity index (χ1) is 12.9. The lowest BCUT2D eigenvalue weighted by atomic mass is 9.96. The number of nitrogens with zero attached hydrogens (tertiary/aromatic N) is 1. The van der Waals surface area contributed by atoms with Crippen LogP contribution in [0, 0.1) is 0 Å². The van der Waals surface area contributed by atoms with Gasteiger partial charge in [-0.05, 0) is 41.8 Å². The molecule has 27 heavy (non-hydrogen) atoms. The zero-order valence-corrected chi connectivity index (χ0v) is 15.8. The number of methoxy groups -OCH3 is 2. The van der Waals surface area contributed by atoms with Crippen LogP contribution in [-0.4, -0.2) is 54.8 Å². The minimum atomic E-state index is -0.901. The number of hydrogen-bond acceptors (Lipinski definition) is 4. The molecule has 1 aliphatic rings. The molecule has 1 fully saturated rings. The van der Waals surface area contributed by atoms with Crippen LogP contribution in [0.4, 0.5) is 0 Å². The van der Waals surface area contributed by atoms with Gasteiger partial charge in [-0.25, -0.2) is 0 Å². The SMILES string of the molecule is COc1ccc2cc(C(C)C(=O)N3CC(OC)CC3CC(=O)O)ccc2c1. The zero-order chi connectivity index (χ0) is 19.6. The average Bonchev–Trinajstić information content (AvgIpc) is 3.08. The van der Waals surface area contributed by atoms with Gasteiger partial charge in [-0.2, -0.15) is 0 Å². The van der Waals surface area contributed by atoms with E-state index in [0.717, 1.165) is 22.1 Å². The molecular weight excluding hydrogens is 346 g/mol. The number of carboxylic acid groups (broad SMARTS) is 1. The molecule has 0 saturated carbocycles. The Labute approximate surface area is 158 Å². The molecule has 3 atom stereocenters. The summed E-state index contributed by atoms with van der Waals surface area (Å²) in [7, 11) is 3.23. The highest BCUT2D eigenvalue weighted by atomic mass is 16.5. The molecule has 144 valence electrons. The molecular formula is C21H25NO5. The lowest BCUT2D eigenvalue weighted by molar-refractivity contribution is -0.140. The normalized spacial score (nSPS) is 20.6. The third-order valence-corrected chi connectivity index (χ3v) is 5.34. The summed E-state index contributed by atoms with van der Waals surface area (Å²) < 4.78 is 10.6. The zero-order valence-electron chi connectivity index (χ0n) is 15.8. The van der Waals surface area contributed by atoms with Crippen LogP contribution in [0.25, 0.3) is 10.8 Å². The number of carbonyl (C=O) groups excluding carboxylic acids is 1. The molecule has 3 unspecified atom stereocenters. The van der Waals surface area contributed by atoms with Crippen molar-refractivity contribution >= 4 is 22.6 Å². The van der Waals surface area contributed by atoms with E-state index in [-0.39, 0.29) is 30.4 Å². The highest BCUT2D eigenvalue weighted by Crippen LogP contribution is 2.30. The number of ether oxygens (including phenoxy) is 2. The highest BCUT2D eigenvalue weighted by Gasteiger charge is 2.38. The summed E-state index contributed by atoms with van der Waals surface area (Å²) in [5.74, 6) is -0.530. The molecule has 2 aromatic carbocycles. The second-order valence-electron chi connectivity index (χ2n) is 7.03. The van der Waals surface area contributed by atoms with Gasteiger partial charge in [-0.3, -0.25) is 9.59 Å². The summed E-state index contributed by atoms with van der Waals surface area (Å²) in [5.41, 5.74) is 0.910. The van der Waals surface area contributed by atoms with Crippen LogP contribution in [0.3, 0.4) is 0 Å². The molecule has 0 radical (unpaired) electrons. The number of likely N-dealkylation sites (tertiary alicyclic amines) is 1.